The predicted molar refractivity (Wildman–Crippen MR) is 114 cm³/mol. The van der Waals surface area contributed by atoms with Crippen LogP contribution in [-0.4, -0.2) is 33.2 Å². The lowest BCUT2D eigenvalue weighted by molar-refractivity contribution is -0.778. The first-order valence-corrected chi connectivity index (χ1v) is 10.5. The fourth-order valence-electron chi connectivity index (χ4n) is 2.83. The van der Waals surface area contributed by atoms with Crippen molar-refractivity contribution in [1.82, 2.24) is 0 Å². The summed E-state index contributed by atoms with van der Waals surface area (Å²) in [6, 6.07) is -1.26. The summed E-state index contributed by atoms with van der Waals surface area (Å²) >= 11 is 0. The second-order valence-electron chi connectivity index (χ2n) is 6.98. The summed E-state index contributed by atoms with van der Waals surface area (Å²) in [5.41, 5.74) is 0. The van der Waals surface area contributed by atoms with E-state index in [0.717, 1.165) is 12.8 Å². The maximum absolute atomic E-state index is 11.3. The van der Waals surface area contributed by atoms with Crippen LogP contribution in [-0.2, 0) is 9.63 Å². The average molecular weight is 427 g/mol. The van der Waals surface area contributed by atoms with E-state index in [-0.39, 0.29) is 25.7 Å². The van der Waals surface area contributed by atoms with Gasteiger partial charge in [-0.05, 0) is 38.5 Å². The van der Waals surface area contributed by atoms with E-state index < -0.39 is 28.1 Å². The van der Waals surface area contributed by atoms with Gasteiger partial charge in [-0.25, -0.2) is 0 Å². The number of carboxylic acids is 1. The van der Waals surface area contributed by atoms with Gasteiger partial charge < -0.3 is 9.94 Å². The van der Waals surface area contributed by atoms with E-state index in [2.05, 4.69) is 23.9 Å². The van der Waals surface area contributed by atoms with Crippen molar-refractivity contribution in [3.63, 3.8) is 0 Å². The third-order valence-corrected chi connectivity index (χ3v) is 4.45. The molecule has 170 valence electrons. The second kappa shape index (κ2) is 18.3. The number of hydrogen-bond acceptors (Lipinski definition) is 6. The maximum atomic E-state index is 11.3. The number of allylic oxidation sites excluding steroid dienone is 5. The molecular formula is C21H34N2O7. The van der Waals surface area contributed by atoms with Gasteiger partial charge in [0.25, 0.3) is 5.09 Å². The highest BCUT2D eigenvalue weighted by molar-refractivity contribution is 5.66. The van der Waals surface area contributed by atoms with E-state index in [9.17, 15) is 25.0 Å². The van der Waals surface area contributed by atoms with Crippen molar-refractivity contribution in [3.8, 4) is 0 Å². The van der Waals surface area contributed by atoms with Crippen LogP contribution in [0.4, 0.5) is 0 Å². The monoisotopic (exact) mass is 426 g/mol. The van der Waals surface area contributed by atoms with E-state index in [1.807, 2.05) is 12.2 Å². The Morgan fingerprint density at radius 3 is 2.17 bits per heavy atom. The zero-order valence-electron chi connectivity index (χ0n) is 17.7. The molecule has 2 unspecified atom stereocenters. The second-order valence-corrected chi connectivity index (χ2v) is 6.98. The highest BCUT2D eigenvalue weighted by Gasteiger charge is 2.33. The van der Waals surface area contributed by atoms with Gasteiger partial charge in [-0.2, -0.15) is 0 Å². The first-order chi connectivity index (χ1) is 14.4. The van der Waals surface area contributed by atoms with Gasteiger partial charge in [-0.3, -0.25) is 14.9 Å². The number of unbranched alkanes of at least 4 members (excludes halogenated alkanes) is 4. The Kier molecular flexibility index (Phi) is 16.7. The van der Waals surface area contributed by atoms with Crippen LogP contribution in [0.2, 0.25) is 0 Å². The molecular weight excluding hydrogens is 392 g/mol. The number of carbonyl (C=O) groups is 1. The van der Waals surface area contributed by atoms with E-state index in [0.29, 0.717) is 12.8 Å². The summed E-state index contributed by atoms with van der Waals surface area (Å²) < 4.78 is 0. The smallest absolute Gasteiger partial charge is 0.303 e. The van der Waals surface area contributed by atoms with E-state index in [1.165, 1.54) is 19.3 Å². The van der Waals surface area contributed by atoms with Crippen molar-refractivity contribution < 1.29 is 24.7 Å². The number of hydrogen-bond donors (Lipinski definition) is 1. The molecule has 0 aromatic rings. The molecule has 0 saturated heterocycles. The molecule has 0 aliphatic rings. The molecule has 30 heavy (non-hydrogen) atoms. The van der Waals surface area contributed by atoms with Crippen molar-refractivity contribution in [2.75, 3.05) is 0 Å². The summed E-state index contributed by atoms with van der Waals surface area (Å²) in [6.45, 7) is 2.17. The molecule has 0 aromatic heterocycles. The van der Waals surface area contributed by atoms with Crippen molar-refractivity contribution in [2.45, 2.75) is 89.7 Å². The van der Waals surface area contributed by atoms with Gasteiger partial charge in [0.1, 0.15) is 0 Å². The predicted octanol–water partition coefficient (Wildman–Crippen LogP) is 5.27. The largest absolute Gasteiger partial charge is 0.481 e. The minimum Gasteiger partial charge on any atom is -0.481 e. The van der Waals surface area contributed by atoms with E-state index >= 15 is 0 Å². The molecule has 0 spiro atoms. The van der Waals surface area contributed by atoms with Crippen molar-refractivity contribution in [3.05, 3.63) is 56.7 Å². The van der Waals surface area contributed by atoms with Gasteiger partial charge in [0, 0.05) is 17.8 Å². The molecule has 0 rings (SSSR count). The van der Waals surface area contributed by atoms with Crippen molar-refractivity contribution >= 4 is 5.97 Å². The van der Waals surface area contributed by atoms with Crippen LogP contribution in [0.15, 0.2) is 36.5 Å². The molecule has 1 N–H and O–H groups in total. The van der Waals surface area contributed by atoms with Crippen molar-refractivity contribution in [2.24, 2.45) is 0 Å². The third-order valence-electron chi connectivity index (χ3n) is 4.45. The Hall–Kier alpha value is -2.71. The highest BCUT2D eigenvalue weighted by Crippen LogP contribution is 2.16. The highest BCUT2D eigenvalue weighted by atomic mass is 17.0. The van der Waals surface area contributed by atoms with E-state index in [1.54, 1.807) is 12.2 Å². The van der Waals surface area contributed by atoms with E-state index in [4.69, 9.17) is 5.11 Å². The molecule has 0 aromatic carbocycles. The molecule has 0 aliphatic carbocycles. The molecule has 2 atom stereocenters. The lowest BCUT2D eigenvalue weighted by Crippen LogP contribution is -2.37. The Balaban J connectivity index is 4.43. The fraction of sp³-hybridized carbons (Fsp3) is 0.667. The number of carboxylic acid groups (broad SMARTS) is 1. The Morgan fingerprint density at radius 1 is 0.967 bits per heavy atom. The van der Waals surface area contributed by atoms with Gasteiger partial charge >= 0.3 is 5.97 Å². The lowest BCUT2D eigenvalue weighted by Gasteiger charge is -2.18. The summed E-state index contributed by atoms with van der Waals surface area (Å²) in [6.07, 6.45) is 17.2. The number of aliphatic carboxylic acids is 1. The SMILES string of the molecule is CCCCC/C=C\C/C=C\C/C=C\CC(C(CCCCC(=O)O)O[N+](=O)[O-])[N+](=O)[O-]. The van der Waals surface area contributed by atoms with Crippen LogP contribution in [0.1, 0.15) is 77.6 Å². The van der Waals surface area contributed by atoms with Crippen LogP contribution in [0.25, 0.3) is 0 Å². The maximum Gasteiger partial charge on any atom is 0.303 e. The molecule has 0 heterocycles. The molecule has 0 amide bonds. The fourth-order valence-corrected chi connectivity index (χ4v) is 2.83. The third kappa shape index (κ3) is 16.3. The molecule has 0 aliphatic heterocycles. The first kappa shape index (κ1) is 27.3. The van der Waals surface area contributed by atoms with Crippen LogP contribution < -0.4 is 0 Å². The number of nitrogens with zero attached hydrogens (tertiary/aromatic N) is 2. The minimum atomic E-state index is -1.26. The zero-order valence-corrected chi connectivity index (χ0v) is 17.7. The van der Waals surface area contributed by atoms with Gasteiger partial charge in [0.05, 0.1) is 0 Å². The van der Waals surface area contributed by atoms with Crippen LogP contribution in [0.5, 0.6) is 0 Å². The quantitative estimate of drug-likeness (QED) is 0.129. The minimum absolute atomic E-state index is 0.00953. The van der Waals surface area contributed by atoms with Gasteiger partial charge in [-0.1, -0.05) is 62.6 Å². The normalized spacial score (nSPS) is 13.8. The molecule has 9 heteroatoms. The Bertz CT molecular complexity index is 588. The number of rotatable bonds is 19. The summed E-state index contributed by atoms with van der Waals surface area (Å²) in [5.74, 6) is -0.976. The summed E-state index contributed by atoms with van der Waals surface area (Å²) in [7, 11) is 0. The molecule has 0 saturated carbocycles. The summed E-state index contributed by atoms with van der Waals surface area (Å²) in [5, 5.41) is 29.6. The molecule has 0 bridgehead atoms. The van der Waals surface area contributed by atoms with Gasteiger partial charge in [-0.15, -0.1) is 10.1 Å². The molecule has 0 radical (unpaired) electrons. The lowest BCUT2D eigenvalue weighted by atomic mass is 10.0. The Labute approximate surface area is 177 Å². The molecule has 9 nitrogen and oxygen atoms in total. The average Bonchev–Trinajstić information content (AvgIpc) is 2.67. The van der Waals surface area contributed by atoms with Gasteiger partial charge in [0.2, 0.25) is 6.04 Å². The van der Waals surface area contributed by atoms with Crippen molar-refractivity contribution in [1.29, 1.82) is 0 Å². The van der Waals surface area contributed by atoms with Gasteiger partial charge in [0.15, 0.2) is 6.10 Å². The zero-order chi connectivity index (χ0) is 22.6. The standard InChI is InChI=1S/C21H34N2O7/c1-2-3-4-5-6-7-8-9-10-11-12-13-16-19(22(26)27)20(30-23(28)29)17-14-15-18-21(24)25/h6-7,9-10,12-13,19-20H,2-5,8,11,14-18H2,1H3,(H,24,25)/b7-6-,10-9-,13-12-. The molecule has 0 fully saturated rings. The number of nitro groups is 1. The van der Waals surface area contributed by atoms with Crippen LogP contribution in [0, 0.1) is 20.2 Å². The van der Waals surface area contributed by atoms with Crippen LogP contribution >= 0.6 is 0 Å². The Morgan fingerprint density at radius 2 is 1.60 bits per heavy atom. The first-order valence-electron chi connectivity index (χ1n) is 10.5. The van der Waals surface area contributed by atoms with Crippen LogP contribution in [0.3, 0.4) is 0 Å². The topological polar surface area (TPSA) is 133 Å². The summed E-state index contributed by atoms with van der Waals surface area (Å²) in [4.78, 5) is 36.5.